The zero-order valence-corrected chi connectivity index (χ0v) is 10.6. The van der Waals surface area contributed by atoms with Gasteiger partial charge in [-0.2, -0.15) is 13.2 Å². The predicted molar refractivity (Wildman–Crippen MR) is 61.6 cm³/mol. The summed E-state index contributed by atoms with van der Waals surface area (Å²) in [7, 11) is 0. The first-order chi connectivity index (χ1) is 8.88. The number of esters is 1. The van der Waals surface area contributed by atoms with Crippen LogP contribution >= 0.6 is 0 Å². The summed E-state index contributed by atoms with van der Waals surface area (Å²) in [5.74, 6) is -0.685. The monoisotopic (exact) mass is 277 g/mol. The van der Waals surface area contributed by atoms with E-state index in [0.29, 0.717) is 6.54 Å². The molecule has 0 saturated heterocycles. The smallest absolute Gasteiger partial charge is 0.433 e. The van der Waals surface area contributed by atoms with Crippen molar-refractivity contribution in [1.82, 2.24) is 9.97 Å². The van der Waals surface area contributed by atoms with Gasteiger partial charge in [0.2, 0.25) is 5.95 Å². The van der Waals surface area contributed by atoms with Gasteiger partial charge in [-0.25, -0.2) is 9.97 Å². The van der Waals surface area contributed by atoms with E-state index in [-0.39, 0.29) is 19.1 Å². The maximum Gasteiger partial charge on any atom is 0.433 e. The SMILES string of the molecule is CCOC(=O)CN(CC)c1nccc(C(F)(F)F)n1. The van der Waals surface area contributed by atoms with E-state index < -0.39 is 17.8 Å². The molecule has 0 amide bonds. The van der Waals surface area contributed by atoms with E-state index in [9.17, 15) is 18.0 Å². The van der Waals surface area contributed by atoms with Gasteiger partial charge in [0.05, 0.1) is 6.61 Å². The van der Waals surface area contributed by atoms with Crippen molar-refractivity contribution in [3.63, 3.8) is 0 Å². The van der Waals surface area contributed by atoms with Crippen LogP contribution in [0.25, 0.3) is 0 Å². The number of carbonyl (C=O) groups is 1. The molecular weight excluding hydrogens is 263 g/mol. The molecule has 106 valence electrons. The van der Waals surface area contributed by atoms with Crippen molar-refractivity contribution in [3.05, 3.63) is 18.0 Å². The topological polar surface area (TPSA) is 55.3 Å². The Hall–Kier alpha value is -1.86. The number of halogens is 3. The van der Waals surface area contributed by atoms with Gasteiger partial charge in [0.1, 0.15) is 12.2 Å². The molecule has 1 aromatic rings. The number of carbonyl (C=O) groups excluding carboxylic acids is 1. The lowest BCUT2D eigenvalue weighted by Crippen LogP contribution is -2.32. The summed E-state index contributed by atoms with van der Waals surface area (Å²) >= 11 is 0. The summed E-state index contributed by atoms with van der Waals surface area (Å²) in [4.78, 5) is 19.8. The second-order valence-electron chi connectivity index (χ2n) is 3.56. The fourth-order valence-corrected chi connectivity index (χ4v) is 1.35. The maximum atomic E-state index is 12.5. The van der Waals surface area contributed by atoms with Gasteiger partial charge < -0.3 is 9.64 Å². The molecule has 0 radical (unpaired) electrons. The molecule has 0 N–H and O–H groups in total. The molecular formula is C11H14F3N3O2. The van der Waals surface area contributed by atoms with Crippen LogP contribution in [0.3, 0.4) is 0 Å². The number of rotatable bonds is 5. The molecule has 1 heterocycles. The van der Waals surface area contributed by atoms with E-state index in [0.717, 1.165) is 12.3 Å². The Bertz CT molecular complexity index is 437. The van der Waals surface area contributed by atoms with Crippen molar-refractivity contribution in [2.75, 3.05) is 24.6 Å². The molecule has 0 unspecified atom stereocenters. The van der Waals surface area contributed by atoms with Crippen molar-refractivity contribution >= 4 is 11.9 Å². The number of aromatic nitrogens is 2. The number of ether oxygens (including phenoxy) is 1. The average Bonchev–Trinajstić information content (AvgIpc) is 2.35. The zero-order chi connectivity index (χ0) is 14.5. The molecule has 0 aliphatic heterocycles. The minimum Gasteiger partial charge on any atom is -0.465 e. The molecule has 1 aromatic heterocycles. The van der Waals surface area contributed by atoms with Crippen molar-refractivity contribution in [1.29, 1.82) is 0 Å². The number of nitrogens with zero attached hydrogens (tertiary/aromatic N) is 3. The third-order valence-electron chi connectivity index (χ3n) is 2.22. The zero-order valence-electron chi connectivity index (χ0n) is 10.6. The minimum absolute atomic E-state index is 0.148. The number of hydrogen-bond acceptors (Lipinski definition) is 5. The summed E-state index contributed by atoms with van der Waals surface area (Å²) in [5.41, 5.74) is -1.04. The minimum atomic E-state index is -4.54. The van der Waals surface area contributed by atoms with Gasteiger partial charge in [0.25, 0.3) is 0 Å². The van der Waals surface area contributed by atoms with Gasteiger partial charge in [0.15, 0.2) is 0 Å². The van der Waals surface area contributed by atoms with Gasteiger partial charge in [-0.3, -0.25) is 4.79 Å². The standard InChI is InChI=1S/C11H14F3N3O2/c1-3-17(7-9(18)19-4-2)10-15-6-5-8(16-10)11(12,13)14/h5-6H,3-4,7H2,1-2H3. The molecule has 19 heavy (non-hydrogen) atoms. The number of alkyl halides is 3. The summed E-state index contributed by atoms with van der Waals surface area (Å²) in [5, 5.41) is 0. The summed E-state index contributed by atoms with van der Waals surface area (Å²) in [6.07, 6.45) is -3.53. The highest BCUT2D eigenvalue weighted by molar-refractivity contribution is 5.74. The van der Waals surface area contributed by atoms with Crippen LogP contribution in [0.15, 0.2) is 12.3 Å². The highest BCUT2D eigenvalue weighted by Crippen LogP contribution is 2.28. The van der Waals surface area contributed by atoms with Crippen LogP contribution in [0.4, 0.5) is 19.1 Å². The quantitative estimate of drug-likeness (QED) is 0.769. The molecule has 0 saturated carbocycles. The fraction of sp³-hybridized carbons (Fsp3) is 0.545. The van der Waals surface area contributed by atoms with Crippen LogP contribution in [0, 0.1) is 0 Å². The highest BCUT2D eigenvalue weighted by atomic mass is 19.4. The molecule has 5 nitrogen and oxygen atoms in total. The van der Waals surface area contributed by atoms with Crippen LogP contribution in [0.1, 0.15) is 19.5 Å². The molecule has 0 fully saturated rings. The average molecular weight is 277 g/mol. The molecule has 8 heteroatoms. The normalized spacial score (nSPS) is 11.2. The van der Waals surface area contributed by atoms with E-state index >= 15 is 0 Å². The van der Waals surface area contributed by atoms with Crippen LogP contribution in [0.2, 0.25) is 0 Å². The van der Waals surface area contributed by atoms with Crippen molar-refractivity contribution in [2.24, 2.45) is 0 Å². The summed E-state index contributed by atoms with van der Waals surface area (Å²) in [6.45, 7) is 3.64. The van der Waals surface area contributed by atoms with Gasteiger partial charge in [-0.05, 0) is 19.9 Å². The summed E-state index contributed by atoms with van der Waals surface area (Å²) < 4.78 is 42.3. The van der Waals surface area contributed by atoms with Crippen molar-refractivity contribution < 1.29 is 22.7 Å². The number of likely N-dealkylation sites (N-methyl/N-ethyl adjacent to an activating group) is 1. The van der Waals surface area contributed by atoms with Crippen LogP contribution in [-0.4, -0.2) is 35.6 Å². The Labute approximate surface area is 108 Å². The Balaban J connectivity index is 2.90. The Morgan fingerprint density at radius 3 is 2.63 bits per heavy atom. The fourth-order valence-electron chi connectivity index (χ4n) is 1.35. The molecule has 0 aromatic carbocycles. The second-order valence-corrected chi connectivity index (χ2v) is 3.56. The van der Waals surface area contributed by atoms with Gasteiger partial charge in [0, 0.05) is 12.7 Å². The van der Waals surface area contributed by atoms with E-state index in [2.05, 4.69) is 9.97 Å². The molecule has 0 spiro atoms. The van der Waals surface area contributed by atoms with Gasteiger partial charge >= 0.3 is 12.1 Å². The van der Waals surface area contributed by atoms with Crippen molar-refractivity contribution in [3.8, 4) is 0 Å². The highest BCUT2D eigenvalue weighted by Gasteiger charge is 2.33. The molecule has 0 atom stereocenters. The number of hydrogen-bond donors (Lipinski definition) is 0. The largest absolute Gasteiger partial charge is 0.465 e. The van der Waals surface area contributed by atoms with Gasteiger partial charge in [-0.1, -0.05) is 0 Å². The van der Waals surface area contributed by atoms with Crippen molar-refractivity contribution in [2.45, 2.75) is 20.0 Å². The molecule has 1 rings (SSSR count). The van der Waals surface area contributed by atoms with E-state index in [4.69, 9.17) is 4.74 Å². The molecule has 0 aliphatic carbocycles. The lowest BCUT2D eigenvalue weighted by atomic mass is 10.4. The van der Waals surface area contributed by atoms with Crippen LogP contribution < -0.4 is 4.90 Å². The Kier molecular flexibility index (Phi) is 5.08. The third kappa shape index (κ3) is 4.38. The first-order valence-corrected chi connectivity index (χ1v) is 5.69. The van der Waals surface area contributed by atoms with Crippen LogP contribution in [0.5, 0.6) is 0 Å². The van der Waals surface area contributed by atoms with Gasteiger partial charge in [-0.15, -0.1) is 0 Å². The maximum absolute atomic E-state index is 12.5. The lowest BCUT2D eigenvalue weighted by molar-refractivity contribution is -0.141. The Morgan fingerprint density at radius 1 is 1.42 bits per heavy atom. The predicted octanol–water partition coefficient (Wildman–Crippen LogP) is 1.88. The molecule has 0 bridgehead atoms. The second kappa shape index (κ2) is 6.35. The van der Waals surface area contributed by atoms with E-state index in [1.165, 1.54) is 4.90 Å². The first-order valence-electron chi connectivity index (χ1n) is 5.69. The lowest BCUT2D eigenvalue weighted by Gasteiger charge is -2.20. The van der Waals surface area contributed by atoms with Crippen LogP contribution in [-0.2, 0) is 15.7 Å². The van der Waals surface area contributed by atoms with E-state index in [1.807, 2.05) is 0 Å². The first kappa shape index (κ1) is 15.2. The summed E-state index contributed by atoms with van der Waals surface area (Å²) in [6, 6.07) is 0.779. The van der Waals surface area contributed by atoms with E-state index in [1.54, 1.807) is 13.8 Å². The number of anilines is 1. The molecule has 0 aliphatic rings. The Morgan fingerprint density at radius 2 is 2.11 bits per heavy atom. The third-order valence-corrected chi connectivity index (χ3v) is 2.22.